The molecule has 2 rings (SSSR count). The predicted octanol–water partition coefficient (Wildman–Crippen LogP) is 3.58. The zero-order valence-corrected chi connectivity index (χ0v) is 15.5. The van der Waals surface area contributed by atoms with E-state index in [2.05, 4.69) is 65.1 Å². The van der Waals surface area contributed by atoms with E-state index in [1.165, 1.54) is 54.9 Å². The Balaban J connectivity index is 1.60. The maximum atomic E-state index is 2.34. The first-order chi connectivity index (χ1) is 10.9. The van der Waals surface area contributed by atoms with Gasteiger partial charge in [0.15, 0.2) is 0 Å². The van der Waals surface area contributed by atoms with Crippen molar-refractivity contribution >= 4 is 19.4 Å². The minimum atomic E-state index is 0.593. The number of aromatic nitrogens is 2. The van der Waals surface area contributed by atoms with E-state index in [4.69, 9.17) is 0 Å². The summed E-state index contributed by atoms with van der Waals surface area (Å²) in [4.78, 5) is 0. The fourth-order valence-electron chi connectivity index (χ4n) is 2.56. The van der Waals surface area contributed by atoms with E-state index >= 15 is 0 Å². The summed E-state index contributed by atoms with van der Waals surface area (Å²) >= 11 is 0.593. The molecule has 0 amide bonds. The molecule has 0 fully saturated rings. The maximum absolute atomic E-state index is 2.34. The number of hydrogen-bond donors (Lipinski definition) is 0. The van der Waals surface area contributed by atoms with E-state index in [0.717, 1.165) is 6.54 Å². The van der Waals surface area contributed by atoms with Crippen LogP contribution in [0.5, 0.6) is 0 Å². The Bertz CT molecular complexity index is 507. The van der Waals surface area contributed by atoms with Crippen molar-refractivity contribution in [3.8, 4) is 0 Å². The van der Waals surface area contributed by atoms with Gasteiger partial charge in [0.25, 0.3) is 0 Å². The zero-order chi connectivity index (χ0) is 15.5. The van der Waals surface area contributed by atoms with Gasteiger partial charge >= 0.3 is 135 Å². The SMILES string of the molecule is CCCCCCCC[n+]1ccn(CC[Se]c2ccccc2)c1. The average Bonchev–Trinajstić information content (AvgIpc) is 3.00. The first-order valence-electron chi connectivity index (χ1n) is 8.61. The van der Waals surface area contributed by atoms with Gasteiger partial charge in [-0.25, -0.2) is 0 Å². The van der Waals surface area contributed by atoms with E-state index in [-0.39, 0.29) is 0 Å². The Morgan fingerprint density at radius 1 is 1.00 bits per heavy atom. The van der Waals surface area contributed by atoms with E-state index < -0.39 is 0 Å². The second-order valence-electron chi connectivity index (χ2n) is 5.82. The van der Waals surface area contributed by atoms with Crippen molar-refractivity contribution in [2.24, 2.45) is 0 Å². The fraction of sp³-hybridized carbons (Fsp3) is 0.526. The fourth-order valence-corrected chi connectivity index (χ4v) is 4.43. The number of aryl methyl sites for hydroxylation is 2. The Hall–Kier alpha value is -1.05. The van der Waals surface area contributed by atoms with Crippen molar-refractivity contribution in [1.29, 1.82) is 0 Å². The summed E-state index contributed by atoms with van der Waals surface area (Å²) in [5, 5.41) is 1.27. The molecular formula is C19H29N2Se+. The van der Waals surface area contributed by atoms with Crippen molar-refractivity contribution in [1.82, 2.24) is 4.57 Å². The Labute approximate surface area is 141 Å². The third kappa shape index (κ3) is 6.81. The van der Waals surface area contributed by atoms with Crippen LogP contribution in [-0.2, 0) is 13.1 Å². The van der Waals surface area contributed by atoms with E-state index in [9.17, 15) is 0 Å². The summed E-state index contributed by atoms with van der Waals surface area (Å²) in [5.74, 6) is 0. The number of unbranched alkanes of at least 4 members (excludes halogenated alkanes) is 5. The third-order valence-corrected chi connectivity index (χ3v) is 5.96. The van der Waals surface area contributed by atoms with Gasteiger partial charge in [0, 0.05) is 0 Å². The number of hydrogen-bond acceptors (Lipinski definition) is 0. The van der Waals surface area contributed by atoms with Crippen LogP contribution in [0, 0.1) is 0 Å². The summed E-state index contributed by atoms with van der Waals surface area (Å²) < 4.78 is 6.18. The topological polar surface area (TPSA) is 8.81 Å². The Morgan fingerprint density at radius 2 is 1.77 bits per heavy atom. The quantitative estimate of drug-likeness (QED) is 0.327. The van der Waals surface area contributed by atoms with Crippen LogP contribution >= 0.6 is 0 Å². The molecule has 1 heterocycles. The summed E-state index contributed by atoms with van der Waals surface area (Å²) in [5.41, 5.74) is 0. The second-order valence-corrected chi connectivity index (χ2v) is 8.27. The summed E-state index contributed by atoms with van der Waals surface area (Å²) in [7, 11) is 0. The third-order valence-electron chi connectivity index (χ3n) is 3.88. The van der Waals surface area contributed by atoms with Crippen molar-refractivity contribution < 1.29 is 4.57 Å². The molecule has 0 aliphatic heterocycles. The van der Waals surface area contributed by atoms with E-state index in [1.807, 2.05) is 0 Å². The molecule has 0 unspecified atom stereocenters. The number of rotatable bonds is 11. The van der Waals surface area contributed by atoms with Gasteiger partial charge in [-0.3, -0.25) is 0 Å². The molecule has 1 aromatic heterocycles. The van der Waals surface area contributed by atoms with Crippen LogP contribution in [0.4, 0.5) is 0 Å². The molecule has 0 N–H and O–H groups in total. The Kier molecular flexibility index (Phi) is 8.37. The summed E-state index contributed by atoms with van der Waals surface area (Å²) in [6, 6.07) is 10.9. The molecular weight excluding hydrogens is 335 g/mol. The molecule has 22 heavy (non-hydrogen) atoms. The van der Waals surface area contributed by atoms with Crippen molar-refractivity contribution in [2.45, 2.75) is 63.9 Å². The van der Waals surface area contributed by atoms with Crippen molar-refractivity contribution in [3.63, 3.8) is 0 Å². The normalized spacial score (nSPS) is 11.0. The standard InChI is InChI=1S/C19H29N2Se/c1-2-3-4-5-6-10-13-20-14-15-21(18-20)16-17-22-19-11-8-7-9-12-19/h7-9,11-12,14-15,18H,2-6,10,13,16-17H2,1H3/q+1. The van der Waals surface area contributed by atoms with Gasteiger partial charge in [-0.15, -0.1) is 0 Å². The van der Waals surface area contributed by atoms with Gasteiger partial charge in [-0.2, -0.15) is 0 Å². The molecule has 0 spiro atoms. The van der Waals surface area contributed by atoms with Gasteiger partial charge < -0.3 is 0 Å². The molecule has 0 saturated heterocycles. The van der Waals surface area contributed by atoms with Crippen molar-refractivity contribution in [2.75, 3.05) is 0 Å². The van der Waals surface area contributed by atoms with Crippen LogP contribution < -0.4 is 9.03 Å². The monoisotopic (exact) mass is 365 g/mol. The average molecular weight is 364 g/mol. The molecule has 0 bridgehead atoms. The van der Waals surface area contributed by atoms with Gasteiger partial charge in [0.05, 0.1) is 0 Å². The number of benzene rings is 1. The molecule has 2 nitrogen and oxygen atoms in total. The van der Waals surface area contributed by atoms with Crippen LogP contribution in [0.3, 0.4) is 0 Å². The van der Waals surface area contributed by atoms with Gasteiger partial charge in [0.2, 0.25) is 0 Å². The van der Waals surface area contributed by atoms with Crippen LogP contribution in [0.25, 0.3) is 0 Å². The van der Waals surface area contributed by atoms with E-state index in [0.29, 0.717) is 15.0 Å². The molecule has 0 saturated carbocycles. The molecule has 0 aliphatic carbocycles. The van der Waals surface area contributed by atoms with Gasteiger partial charge in [-0.1, -0.05) is 6.92 Å². The molecule has 0 radical (unpaired) electrons. The molecule has 0 aliphatic rings. The van der Waals surface area contributed by atoms with Gasteiger partial charge in [0.1, 0.15) is 0 Å². The molecule has 1 aromatic carbocycles. The zero-order valence-electron chi connectivity index (χ0n) is 13.8. The molecule has 2 aromatic rings. The van der Waals surface area contributed by atoms with Crippen LogP contribution in [0.1, 0.15) is 45.4 Å². The minimum absolute atomic E-state index is 0.593. The second kappa shape index (κ2) is 10.6. The summed E-state index contributed by atoms with van der Waals surface area (Å²) in [6.07, 6.45) is 14.9. The number of imidazole rings is 1. The Morgan fingerprint density at radius 3 is 2.59 bits per heavy atom. The van der Waals surface area contributed by atoms with Crippen LogP contribution in [-0.4, -0.2) is 19.5 Å². The van der Waals surface area contributed by atoms with E-state index in [1.54, 1.807) is 0 Å². The first kappa shape index (κ1) is 17.3. The van der Waals surface area contributed by atoms with Gasteiger partial charge in [-0.05, 0) is 0 Å². The molecule has 3 heteroatoms. The molecule has 120 valence electrons. The van der Waals surface area contributed by atoms with Crippen molar-refractivity contribution in [3.05, 3.63) is 49.1 Å². The van der Waals surface area contributed by atoms with Crippen LogP contribution in [0.15, 0.2) is 49.1 Å². The first-order valence-corrected chi connectivity index (χ1v) is 10.7. The van der Waals surface area contributed by atoms with Crippen LogP contribution in [0.2, 0.25) is 5.32 Å². The number of nitrogens with zero attached hydrogens (tertiary/aromatic N) is 2. The summed E-state index contributed by atoms with van der Waals surface area (Å²) in [6.45, 7) is 4.58. The molecule has 0 atom stereocenters. The predicted molar refractivity (Wildman–Crippen MR) is 94.6 cm³/mol.